The van der Waals surface area contributed by atoms with Crippen molar-refractivity contribution < 1.29 is 4.52 Å². The number of benzene rings is 1. The maximum absolute atomic E-state index is 7.29. The Kier molecular flexibility index (Phi) is 5.33. The molecule has 1 aromatic heterocycles. The van der Waals surface area contributed by atoms with Gasteiger partial charge in [0.15, 0.2) is 0 Å². The summed E-state index contributed by atoms with van der Waals surface area (Å²) in [7, 11) is -3.13. The Morgan fingerprint density at radius 1 is 0.793 bits per heavy atom. The van der Waals surface area contributed by atoms with Crippen molar-refractivity contribution in [3.63, 3.8) is 0 Å². The average Bonchev–Trinajstić information content (AvgIpc) is 3.57. The molecular weight excluding hydrogens is 383 g/mol. The Balaban J connectivity index is 1.72. The molecule has 3 aliphatic rings. The van der Waals surface area contributed by atoms with E-state index in [0.717, 1.165) is 45.4 Å². The van der Waals surface area contributed by atoms with Crippen LogP contribution in [0.2, 0.25) is 0 Å². The van der Waals surface area contributed by atoms with Crippen molar-refractivity contribution in [1.29, 1.82) is 0 Å². The molecule has 0 unspecified atom stereocenters. The number of hydrogen-bond acceptors (Lipinski definition) is 6. The van der Waals surface area contributed by atoms with Gasteiger partial charge in [-0.3, -0.25) is 0 Å². The topological polar surface area (TPSA) is 60.5 Å². The summed E-state index contributed by atoms with van der Waals surface area (Å²) < 4.78 is 15.6. The normalized spacial score (nSPS) is 23.4. The van der Waals surface area contributed by atoms with Gasteiger partial charge in [0.2, 0.25) is 0 Å². The standard InChI is InChI=1S/C21H33N6OP/c1-2-10-20(11-3-1)19-29(25-12-4-5-13-25,26-14-6-7-15-26,27-16-8-9-17-27)28-21-18-22-24-23-21/h1-3,10-11,18H,4-9,12-17,19H2,(H,22,23,24). The van der Waals surface area contributed by atoms with E-state index in [4.69, 9.17) is 4.52 Å². The second-order valence-corrected chi connectivity index (χ2v) is 12.9. The first kappa shape index (κ1) is 19.4. The third kappa shape index (κ3) is 3.19. The van der Waals surface area contributed by atoms with Crippen LogP contribution in [0.15, 0.2) is 36.5 Å². The van der Waals surface area contributed by atoms with E-state index in [1.54, 1.807) is 0 Å². The quantitative estimate of drug-likeness (QED) is 0.691. The third-order valence-electron chi connectivity index (χ3n) is 6.93. The van der Waals surface area contributed by atoms with E-state index in [-0.39, 0.29) is 0 Å². The van der Waals surface area contributed by atoms with Crippen LogP contribution in [-0.2, 0) is 6.16 Å². The van der Waals surface area contributed by atoms with Crippen LogP contribution in [0.4, 0.5) is 0 Å². The van der Waals surface area contributed by atoms with Gasteiger partial charge < -0.3 is 0 Å². The molecule has 0 spiro atoms. The Morgan fingerprint density at radius 2 is 1.31 bits per heavy atom. The second kappa shape index (κ2) is 7.95. The summed E-state index contributed by atoms with van der Waals surface area (Å²) in [6.07, 6.45) is 10.2. The van der Waals surface area contributed by atoms with Crippen molar-refractivity contribution in [2.24, 2.45) is 0 Å². The molecule has 4 heterocycles. The van der Waals surface area contributed by atoms with Gasteiger partial charge in [0.05, 0.1) is 0 Å². The summed E-state index contributed by atoms with van der Waals surface area (Å²) in [5.41, 5.74) is 1.36. The van der Waals surface area contributed by atoms with Crippen LogP contribution in [0, 0.1) is 0 Å². The van der Waals surface area contributed by atoms with Crippen LogP contribution in [0.1, 0.15) is 44.1 Å². The van der Waals surface area contributed by atoms with Crippen molar-refractivity contribution in [1.82, 2.24) is 29.4 Å². The molecule has 3 aliphatic heterocycles. The van der Waals surface area contributed by atoms with E-state index in [0.29, 0.717) is 5.88 Å². The van der Waals surface area contributed by atoms with Gasteiger partial charge in [0, 0.05) is 0 Å². The molecule has 0 atom stereocenters. The minimum atomic E-state index is -3.13. The van der Waals surface area contributed by atoms with E-state index in [1.165, 1.54) is 44.1 Å². The van der Waals surface area contributed by atoms with E-state index < -0.39 is 7.28 Å². The summed E-state index contributed by atoms with van der Waals surface area (Å²) in [6.45, 7) is 6.64. The first-order valence-electron chi connectivity index (χ1n) is 11.2. The molecule has 0 aliphatic carbocycles. The zero-order valence-corrected chi connectivity index (χ0v) is 18.1. The molecule has 5 rings (SSSR count). The molecule has 3 fully saturated rings. The zero-order chi connectivity index (χ0) is 19.6. The van der Waals surface area contributed by atoms with Crippen LogP contribution in [-0.4, -0.2) is 68.7 Å². The molecule has 3 saturated heterocycles. The third-order valence-corrected chi connectivity index (χ3v) is 13.0. The summed E-state index contributed by atoms with van der Waals surface area (Å²) >= 11 is 0. The van der Waals surface area contributed by atoms with Crippen LogP contribution in [0.3, 0.4) is 0 Å². The summed E-state index contributed by atoms with van der Waals surface area (Å²) in [6, 6.07) is 11.0. The molecule has 1 N–H and O–H groups in total. The Morgan fingerprint density at radius 3 is 1.76 bits per heavy atom. The van der Waals surface area contributed by atoms with Crippen LogP contribution >= 0.6 is 7.28 Å². The van der Waals surface area contributed by atoms with Crippen LogP contribution in [0.25, 0.3) is 0 Å². The number of aromatic amines is 1. The fourth-order valence-electron chi connectivity index (χ4n) is 5.68. The number of nitrogens with one attached hydrogen (secondary N) is 1. The van der Waals surface area contributed by atoms with Crippen LogP contribution < -0.4 is 4.52 Å². The van der Waals surface area contributed by atoms with Gasteiger partial charge in [0.25, 0.3) is 0 Å². The predicted octanol–water partition coefficient (Wildman–Crippen LogP) is 3.88. The molecular formula is C21H33N6OP. The first-order valence-corrected chi connectivity index (χ1v) is 13.4. The van der Waals surface area contributed by atoms with E-state index in [2.05, 4.69) is 59.8 Å². The number of nitrogens with zero attached hydrogens (tertiary/aromatic N) is 5. The van der Waals surface area contributed by atoms with Gasteiger partial charge in [-0.15, -0.1) is 0 Å². The van der Waals surface area contributed by atoms with Crippen molar-refractivity contribution in [3.05, 3.63) is 42.1 Å². The molecule has 0 bridgehead atoms. The number of rotatable bonds is 7. The monoisotopic (exact) mass is 416 g/mol. The molecule has 0 radical (unpaired) electrons. The number of H-pyrrole nitrogens is 1. The molecule has 0 amide bonds. The fraction of sp³-hybridized carbons (Fsp3) is 0.619. The fourth-order valence-corrected chi connectivity index (χ4v) is 12.3. The molecule has 8 heteroatoms. The van der Waals surface area contributed by atoms with Gasteiger partial charge in [-0.2, -0.15) is 0 Å². The predicted molar refractivity (Wildman–Crippen MR) is 116 cm³/mol. The van der Waals surface area contributed by atoms with Crippen LogP contribution in [0.5, 0.6) is 5.88 Å². The molecule has 29 heavy (non-hydrogen) atoms. The second-order valence-electron chi connectivity index (χ2n) is 8.60. The minimum absolute atomic E-state index is 0.643. The van der Waals surface area contributed by atoms with Gasteiger partial charge in [-0.1, -0.05) is 0 Å². The van der Waals surface area contributed by atoms with E-state index in [1.807, 2.05) is 6.20 Å². The Labute approximate surface area is 173 Å². The summed E-state index contributed by atoms with van der Waals surface area (Å²) in [5, 5.41) is 11.2. The van der Waals surface area contributed by atoms with E-state index in [9.17, 15) is 0 Å². The molecule has 7 nitrogen and oxygen atoms in total. The average molecular weight is 417 g/mol. The molecule has 0 saturated carbocycles. The van der Waals surface area contributed by atoms with Gasteiger partial charge >= 0.3 is 173 Å². The Bertz CT molecular complexity index is 739. The Hall–Kier alpha value is -1.53. The van der Waals surface area contributed by atoms with E-state index >= 15 is 0 Å². The van der Waals surface area contributed by atoms with Gasteiger partial charge in [-0.25, -0.2) is 0 Å². The van der Waals surface area contributed by atoms with Crippen molar-refractivity contribution in [2.75, 3.05) is 39.3 Å². The zero-order valence-electron chi connectivity index (χ0n) is 17.2. The molecule has 2 aromatic rings. The van der Waals surface area contributed by atoms with Crippen molar-refractivity contribution >= 4 is 7.28 Å². The summed E-state index contributed by atoms with van der Waals surface area (Å²) in [5.74, 6) is 0.643. The molecule has 158 valence electrons. The first-order chi connectivity index (χ1) is 14.3. The van der Waals surface area contributed by atoms with Gasteiger partial charge in [0.1, 0.15) is 0 Å². The molecule has 1 aromatic carbocycles. The summed E-state index contributed by atoms with van der Waals surface area (Å²) in [4.78, 5) is 0. The van der Waals surface area contributed by atoms with Gasteiger partial charge in [-0.05, 0) is 0 Å². The maximum atomic E-state index is 7.29. The SMILES string of the molecule is c1ccc(CP(Oc2c[nH]nn2)(N2CCCC2)(N2CCCC2)N2CCCC2)cc1. The number of hydrogen-bond donors (Lipinski definition) is 1. The number of aromatic nitrogens is 3. The van der Waals surface area contributed by atoms with Crippen molar-refractivity contribution in [3.8, 4) is 5.88 Å². The van der Waals surface area contributed by atoms with Crippen molar-refractivity contribution in [2.45, 2.75) is 44.7 Å².